The Morgan fingerprint density at radius 3 is 2.91 bits per heavy atom. The molecule has 8 nitrogen and oxygen atoms in total. The SMILES string of the molecule is CCC(=O)N1CCc2nc3cc(C4CCCCN4Cc4ccccc4OC)[nH]n3c(=O)c2C1. The fourth-order valence-electron chi connectivity index (χ4n) is 5.19. The number of para-hydroxylation sites is 1. The van der Waals surface area contributed by atoms with E-state index in [2.05, 4.69) is 16.1 Å². The number of likely N-dealkylation sites (tertiary alicyclic amines) is 1. The van der Waals surface area contributed by atoms with Gasteiger partial charge in [0.15, 0.2) is 5.65 Å². The van der Waals surface area contributed by atoms with Gasteiger partial charge in [-0.15, -0.1) is 0 Å². The molecule has 0 spiro atoms. The maximum atomic E-state index is 13.3. The molecule has 3 aromatic rings. The second-order valence-electron chi connectivity index (χ2n) is 8.96. The van der Waals surface area contributed by atoms with E-state index in [9.17, 15) is 9.59 Å². The lowest BCUT2D eigenvalue weighted by atomic mass is 9.98. The van der Waals surface area contributed by atoms with Crippen molar-refractivity contribution < 1.29 is 9.53 Å². The number of benzene rings is 1. The van der Waals surface area contributed by atoms with E-state index in [0.29, 0.717) is 37.1 Å². The monoisotopic (exact) mass is 449 g/mol. The van der Waals surface area contributed by atoms with Crippen molar-refractivity contribution in [2.45, 2.75) is 58.2 Å². The van der Waals surface area contributed by atoms with Crippen molar-refractivity contribution in [3.63, 3.8) is 0 Å². The van der Waals surface area contributed by atoms with Gasteiger partial charge in [-0.3, -0.25) is 19.6 Å². The molecule has 0 radical (unpaired) electrons. The summed E-state index contributed by atoms with van der Waals surface area (Å²) in [6, 6.07) is 10.3. The number of fused-ring (bicyclic) bond motifs is 2. The van der Waals surface area contributed by atoms with Crippen LogP contribution in [-0.4, -0.2) is 50.5 Å². The standard InChI is InChI=1S/C25H31N5O3/c1-3-24(31)29-13-11-19-18(16-29)25(32)30-23(26-19)14-20(27-30)21-9-6-7-12-28(21)15-17-8-4-5-10-22(17)33-2/h4-5,8,10,14,21,27H,3,6-7,9,11-13,15-16H2,1-2H3. The maximum absolute atomic E-state index is 13.3. The van der Waals surface area contributed by atoms with Crippen LogP contribution in [0, 0.1) is 0 Å². The number of aromatic nitrogens is 3. The van der Waals surface area contributed by atoms with Gasteiger partial charge in [0.2, 0.25) is 5.91 Å². The van der Waals surface area contributed by atoms with E-state index < -0.39 is 0 Å². The lowest BCUT2D eigenvalue weighted by molar-refractivity contribution is -0.131. The van der Waals surface area contributed by atoms with Crippen molar-refractivity contribution in [1.82, 2.24) is 24.4 Å². The Balaban J connectivity index is 1.47. The third-order valence-electron chi connectivity index (χ3n) is 6.97. The van der Waals surface area contributed by atoms with Crippen LogP contribution in [0.5, 0.6) is 5.75 Å². The molecule has 2 aromatic heterocycles. The summed E-state index contributed by atoms with van der Waals surface area (Å²) in [5.74, 6) is 0.974. The molecule has 0 aliphatic carbocycles. The van der Waals surface area contributed by atoms with E-state index in [4.69, 9.17) is 9.72 Å². The number of ether oxygens (including phenoxy) is 1. The maximum Gasteiger partial charge on any atom is 0.277 e. The molecule has 174 valence electrons. The van der Waals surface area contributed by atoms with Gasteiger partial charge in [0.25, 0.3) is 5.56 Å². The average Bonchev–Trinajstić information content (AvgIpc) is 3.28. The first kappa shape index (κ1) is 21.7. The number of hydrogen-bond donors (Lipinski definition) is 1. The summed E-state index contributed by atoms with van der Waals surface area (Å²) < 4.78 is 7.12. The number of nitrogens with one attached hydrogen (secondary N) is 1. The van der Waals surface area contributed by atoms with Crippen LogP contribution in [0.25, 0.3) is 5.65 Å². The summed E-state index contributed by atoms with van der Waals surface area (Å²) in [7, 11) is 1.71. The minimum Gasteiger partial charge on any atom is -0.496 e. The van der Waals surface area contributed by atoms with Crippen molar-refractivity contribution in [2.24, 2.45) is 0 Å². The second kappa shape index (κ2) is 9.02. The number of amides is 1. The molecule has 0 bridgehead atoms. The van der Waals surface area contributed by atoms with Crippen LogP contribution >= 0.6 is 0 Å². The zero-order valence-corrected chi connectivity index (χ0v) is 19.3. The van der Waals surface area contributed by atoms with E-state index in [-0.39, 0.29) is 17.5 Å². The highest BCUT2D eigenvalue weighted by atomic mass is 16.5. The molecule has 1 fully saturated rings. The number of rotatable bonds is 5. The van der Waals surface area contributed by atoms with Crippen molar-refractivity contribution in [1.29, 1.82) is 0 Å². The Bertz CT molecular complexity index is 1230. The fraction of sp³-hybridized carbons (Fsp3) is 0.480. The summed E-state index contributed by atoms with van der Waals surface area (Å²) in [6.07, 6.45) is 4.39. The third kappa shape index (κ3) is 4.04. The number of H-pyrrole nitrogens is 1. The third-order valence-corrected chi connectivity index (χ3v) is 6.97. The van der Waals surface area contributed by atoms with Crippen LogP contribution in [0.3, 0.4) is 0 Å². The quantitative estimate of drug-likeness (QED) is 0.647. The van der Waals surface area contributed by atoms with Crippen LogP contribution in [0.4, 0.5) is 0 Å². The molecular weight excluding hydrogens is 418 g/mol. The predicted molar refractivity (Wildman–Crippen MR) is 125 cm³/mol. The van der Waals surface area contributed by atoms with E-state index >= 15 is 0 Å². The minimum absolute atomic E-state index is 0.0755. The summed E-state index contributed by atoms with van der Waals surface area (Å²) in [5, 5.41) is 3.35. The van der Waals surface area contributed by atoms with Gasteiger partial charge < -0.3 is 9.64 Å². The average molecular weight is 450 g/mol. The molecule has 4 heterocycles. The highest BCUT2D eigenvalue weighted by Gasteiger charge is 2.29. The van der Waals surface area contributed by atoms with E-state index in [1.807, 2.05) is 31.2 Å². The Labute approximate surface area is 193 Å². The Kier molecular flexibility index (Phi) is 5.93. The molecule has 1 amide bonds. The molecule has 1 saturated heterocycles. The van der Waals surface area contributed by atoms with Gasteiger partial charge in [-0.25, -0.2) is 9.50 Å². The van der Waals surface area contributed by atoms with Gasteiger partial charge in [0.05, 0.1) is 36.6 Å². The van der Waals surface area contributed by atoms with Crippen LogP contribution in [0.2, 0.25) is 0 Å². The number of carbonyl (C=O) groups is 1. The van der Waals surface area contributed by atoms with Gasteiger partial charge in [-0.1, -0.05) is 31.5 Å². The number of carbonyl (C=O) groups excluding carboxylic acids is 1. The smallest absolute Gasteiger partial charge is 0.277 e. The minimum atomic E-state index is -0.0954. The molecule has 1 unspecified atom stereocenters. The van der Waals surface area contributed by atoms with Gasteiger partial charge in [0.1, 0.15) is 5.75 Å². The molecule has 0 saturated carbocycles. The van der Waals surface area contributed by atoms with Crippen molar-refractivity contribution in [2.75, 3.05) is 20.2 Å². The molecule has 1 N–H and O–H groups in total. The molecule has 2 aliphatic heterocycles. The number of aromatic amines is 1. The number of piperidine rings is 1. The molecule has 1 atom stereocenters. The van der Waals surface area contributed by atoms with Crippen LogP contribution < -0.4 is 10.3 Å². The van der Waals surface area contributed by atoms with Crippen LogP contribution in [-0.2, 0) is 24.3 Å². The van der Waals surface area contributed by atoms with Crippen molar-refractivity contribution in [3.8, 4) is 5.75 Å². The van der Waals surface area contributed by atoms with Crippen LogP contribution in [0.1, 0.15) is 61.2 Å². The summed E-state index contributed by atoms with van der Waals surface area (Å²) >= 11 is 0. The Hall–Kier alpha value is -3.13. The van der Waals surface area contributed by atoms with Crippen LogP contribution in [0.15, 0.2) is 35.1 Å². The number of nitrogens with zero attached hydrogens (tertiary/aromatic N) is 4. The van der Waals surface area contributed by atoms with Gasteiger partial charge >= 0.3 is 0 Å². The topological polar surface area (TPSA) is 82.9 Å². The highest BCUT2D eigenvalue weighted by Crippen LogP contribution is 2.33. The molecule has 8 heteroatoms. The molecular formula is C25H31N5O3. The van der Waals surface area contributed by atoms with Crippen molar-refractivity contribution >= 4 is 11.6 Å². The summed E-state index contributed by atoms with van der Waals surface area (Å²) in [5.41, 5.74) is 4.19. The van der Waals surface area contributed by atoms with Gasteiger partial charge in [0, 0.05) is 37.6 Å². The lowest BCUT2D eigenvalue weighted by Crippen LogP contribution is -2.40. The predicted octanol–water partition coefficient (Wildman–Crippen LogP) is 3.05. The van der Waals surface area contributed by atoms with Crippen molar-refractivity contribution in [3.05, 3.63) is 63.2 Å². The molecule has 33 heavy (non-hydrogen) atoms. The number of hydrogen-bond acceptors (Lipinski definition) is 5. The normalized spacial score (nSPS) is 19.0. The zero-order chi connectivity index (χ0) is 22.9. The Morgan fingerprint density at radius 2 is 2.09 bits per heavy atom. The van der Waals surface area contributed by atoms with E-state index in [0.717, 1.165) is 55.1 Å². The molecule has 1 aromatic carbocycles. The first-order valence-electron chi connectivity index (χ1n) is 11.9. The first-order chi connectivity index (χ1) is 16.1. The first-order valence-corrected chi connectivity index (χ1v) is 11.9. The summed E-state index contributed by atoms with van der Waals surface area (Å²) in [6.45, 7) is 4.59. The summed E-state index contributed by atoms with van der Waals surface area (Å²) in [4.78, 5) is 34.5. The second-order valence-corrected chi connectivity index (χ2v) is 8.96. The zero-order valence-electron chi connectivity index (χ0n) is 19.3. The number of methoxy groups -OCH3 is 1. The fourth-order valence-corrected chi connectivity index (χ4v) is 5.19. The largest absolute Gasteiger partial charge is 0.496 e. The van der Waals surface area contributed by atoms with Gasteiger partial charge in [-0.05, 0) is 25.5 Å². The highest BCUT2D eigenvalue weighted by molar-refractivity contribution is 5.76. The lowest BCUT2D eigenvalue weighted by Gasteiger charge is -2.35. The molecule has 2 aliphatic rings. The van der Waals surface area contributed by atoms with Gasteiger partial charge in [-0.2, -0.15) is 0 Å². The van der Waals surface area contributed by atoms with E-state index in [1.165, 1.54) is 0 Å². The van der Waals surface area contributed by atoms with E-state index in [1.54, 1.807) is 16.5 Å². The molecule has 5 rings (SSSR count). The Morgan fingerprint density at radius 1 is 1.24 bits per heavy atom.